The minimum Gasteiger partial charge on any atom is -0.357 e. The Balaban J connectivity index is 0.00000341. The molecule has 0 fully saturated rings. The van der Waals surface area contributed by atoms with Crippen molar-refractivity contribution in [2.75, 3.05) is 6.54 Å². The number of benzene rings is 1. The molecular weight excluding hydrogens is 501 g/mol. The van der Waals surface area contributed by atoms with Crippen LogP contribution in [0.5, 0.6) is 0 Å². The summed E-state index contributed by atoms with van der Waals surface area (Å²) in [5.74, 6) is 0.840. The van der Waals surface area contributed by atoms with Crippen LogP contribution in [0, 0.1) is 13.8 Å². The quantitative estimate of drug-likeness (QED) is 0.263. The van der Waals surface area contributed by atoms with Crippen LogP contribution in [0.2, 0.25) is 0 Å². The lowest BCUT2D eigenvalue weighted by Gasteiger charge is -2.18. The van der Waals surface area contributed by atoms with Crippen LogP contribution in [0.1, 0.15) is 41.9 Å². The Labute approximate surface area is 202 Å². The maximum atomic E-state index is 4.78. The smallest absolute Gasteiger partial charge is 0.191 e. The minimum absolute atomic E-state index is 0. The molecule has 1 aromatic carbocycles. The first-order chi connectivity index (χ1) is 14.5. The summed E-state index contributed by atoms with van der Waals surface area (Å²) in [6.45, 7) is 10.8. The molecule has 8 heteroatoms. The lowest BCUT2D eigenvalue weighted by Crippen LogP contribution is -2.43. The molecule has 0 aliphatic carbocycles. The SMILES string of the molecule is CCNC(=NCc1ccc(Cn2ccnc2)cc1)NC(C)Cc1c(C)nn(C)c1C.I. The van der Waals surface area contributed by atoms with Crippen LogP contribution >= 0.6 is 24.0 Å². The van der Waals surface area contributed by atoms with E-state index in [1.165, 1.54) is 22.4 Å². The van der Waals surface area contributed by atoms with Crippen molar-refractivity contribution in [2.24, 2.45) is 12.0 Å². The molecule has 0 aliphatic heterocycles. The third-order valence-corrected chi connectivity index (χ3v) is 5.26. The highest BCUT2D eigenvalue weighted by Gasteiger charge is 2.14. The summed E-state index contributed by atoms with van der Waals surface area (Å²) < 4.78 is 4.01. The molecule has 1 unspecified atom stereocenters. The number of hydrogen-bond acceptors (Lipinski definition) is 3. The molecule has 3 aromatic rings. The van der Waals surface area contributed by atoms with Crippen LogP contribution in [-0.4, -0.2) is 37.9 Å². The summed E-state index contributed by atoms with van der Waals surface area (Å²) >= 11 is 0. The summed E-state index contributed by atoms with van der Waals surface area (Å²) in [6.07, 6.45) is 6.53. The molecule has 0 amide bonds. The number of aromatic nitrogens is 4. The standard InChI is InChI=1S/C23H33N7.HI/c1-6-25-23(27-17(2)13-22-18(3)28-29(5)19(22)4)26-14-20-7-9-21(10-8-20)15-30-12-11-24-16-30;/h7-12,16-17H,6,13-15H2,1-5H3,(H2,25,26,27);1H. The maximum Gasteiger partial charge on any atom is 0.191 e. The third-order valence-electron chi connectivity index (χ3n) is 5.26. The van der Waals surface area contributed by atoms with Crippen molar-refractivity contribution in [1.29, 1.82) is 0 Å². The van der Waals surface area contributed by atoms with Gasteiger partial charge in [-0.1, -0.05) is 24.3 Å². The van der Waals surface area contributed by atoms with E-state index in [-0.39, 0.29) is 30.0 Å². The van der Waals surface area contributed by atoms with Crippen LogP contribution < -0.4 is 10.6 Å². The van der Waals surface area contributed by atoms with Gasteiger partial charge in [0.05, 0.1) is 18.6 Å². The van der Waals surface area contributed by atoms with Gasteiger partial charge in [-0.3, -0.25) is 4.68 Å². The number of aryl methyl sites for hydroxylation is 2. The van der Waals surface area contributed by atoms with Gasteiger partial charge in [0.25, 0.3) is 0 Å². The molecule has 168 valence electrons. The fourth-order valence-corrected chi connectivity index (χ4v) is 3.54. The average molecular weight is 535 g/mol. The highest BCUT2D eigenvalue weighted by molar-refractivity contribution is 14.0. The highest BCUT2D eigenvalue weighted by atomic mass is 127. The molecule has 0 radical (unpaired) electrons. The monoisotopic (exact) mass is 535 g/mol. The predicted molar refractivity (Wildman–Crippen MR) is 137 cm³/mol. The second-order valence-corrected chi connectivity index (χ2v) is 7.77. The minimum atomic E-state index is 0. The zero-order valence-electron chi connectivity index (χ0n) is 19.1. The van der Waals surface area contributed by atoms with Crippen molar-refractivity contribution in [3.8, 4) is 0 Å². The first kappa shape index (κ1) is 24.9. The fourth-order valence-electron chi connectivity index (χ4n) is 3.54. The number of guanidine groups is 1. The van der Waals surface area contributed by atoms with E-state index in [2.05, 4.69) is 77.2 Å². The topological polar surface area (TPSA) is 72.1 Å². The van der Waals surface area contributed by atoms with Crippen LogP contribution in [-0.2, 0) is 26.6 Å². The van der Waals surface area contributed by atoms with Gasteiger partial charge in [-0.2, -0.15) is 5.10 Å². The van der Waals surface area contributed by atoms with Crippen molar-refractivity contribution in [3.05, 3.63) is 71.1 Å². The van der Waals surface area contributed by atoms with E-state index in [0.29, 0.717) is 6.54 Å². The Morgan fingerprint density at radius 3 is 2.45 bits per heavy atom. The first-order valence-electron chi connectivity index (χ1n) is 10.5. The van der Waals surface area contributed by atoms with Gasteiger partial charge in [0.1, 0.15) is 0 Å². The van der Waals surface area contributed by atoms with Crippen LogP contribution in [0.25, 0.3) is 0 Å². The van der Waals surface area contributed by atoms with E-state index >= 15 is 0 Å². The summed E-state index contributed by atoms with van der Waals surface area (Å²) in [4.78, 5) is 8.87. The molecule has 1 atom stereocenters. The van der Waals surface area contributed by atoms with Crippen molar-refractivity contribution in [1.82, 2.24) is 30.0 Å². The Morgan fingerprint density at radius 1 is 1.16 bits per heavy atom. The van der Waals surface area contributed by atoms with Crippen LogP contribution in [0.15, 0.2) is 48.0 Å². The predicted octanol–water partition coefficient (Wildman–Crippen LogP) is 3.59. The average Bonchev–Trinajstić information content (AvgIpc) is 3.31. The lowest BCUT2D eigenvalue weighted by molar-refractivity contribution is 0.636. The van der Waals surface area contributed by atoms with Crippen LogP contribution in [0.3, 0.4) is 0 Å². The van der Waals surface area contributed by atoms with Gasteiger partial charge in [-0.15, -0.1) is 24.0 Å². The van der Waals surface area contributed by atoms with Crippen molar-refractivity contribution in [2.45, 2.75) is 53.2 Å². The zero-order valence-corrected chi connectivity index (χ0v) is 21.4. The number of hydrogen-bond donors (Lipinski definition) is 2. The number of halogens is 1. The van der Waals surface area contributed by atoms with Gasteiger partial charge in [-0.25, -0.2) is 9.98 Å². The summed E-state index contributed by atoms with van der Waals surface area (Å²) in [5.41, 5.74) is 6.07. The molecule has 0 aliphatic rings. The van der Waals surface area contributed by atoms with E-state index in [1.54, 1.807) is 6.20 Å². The number of imidazole rings is 1. The van der Waals surface area contributed by atoms with E-state index < -0.39 is 0 Å². The normalized spacial score (nSPS) is 12.4. The summed E-state index contributed by atoms with van der Waals surface area (Å²) in [6, 6.07) is 8.85. The number of nitrogens with zero attached hydrogens (tertiary/aromatic N) is 5. The molecule has 0 spiro atoms. The van der Waals surface area contributed by atoms with Crippen molar-refractivity contribution >= 4 is 29.9 Å². The van der Waals surface area contributed by atoms with E-state index in [9.17, 15) is 0 Å². The molecule has 7 nitrogen and oxygen atoms in total. The van der Waals surface area contributed by atoms with Crippen molar-refractivity contribution < 1.29 is 0 Å². The second kappa shape index (κ2) is 11.9. The van der Waals surface area contributed by atoms with Crippen molar-refractivity contribution in [3.63, 3.8) is 0 Å². The Kier molecular flexibility index (Phi) is 9.54. The second-order valence-electron chi connectivity index (χ2n) is 7.77. The molecular formula is C23H34IN7. The molecule has 2 N–H and O–H groups in total. The molecule has 3 rings (SSSR count). The Bertz CT molecular complexity index is 959. The largest absolute Gasteiger partial charge is 0.357 e. The lowest BCUT2D eigenvalue weighted by atomic mass is 10.1. The van der Waals surface area contributed by atoms with Crippen LogP contribution in [0.4, 0.5) is 0 Å². The van der Waals surface area contributed by atoms with Gasteiger partial charge in [0.2, 0.25) is 0 Å². The van der Waals surface area contributed by atoms with Gasteiger partial charge in [0, 0.05) is 44.3 Å². The number of nitrogens with one attached hydrogen (secondary N) is 2. The highest BCUT2D eigenvalue weighted by Crippen LogP contribution is 2.14. The third kappa shape index (κ3) is 7.09. The van der Waals surface area contributed by atoms with E-state index in [0.717, 1.165) is 31.2 Å². The van der Waals surface area contributed by atoms with Gasteiger partial charge in [0.15, 0.2) is 5.96 Å². The first-order valence-corrected chi connectivity index (χ1v) is 10.5. The molecule has 0 saturated heterocycles. The molecule has 2 aromatic heterocycles. The summed E-state index contributed by atoms with van der Waals surface area (Å²) in [7, 11) is 2.00. The zero-order chi connectivity index (χ0) is 21.5. The van der Waals surface area contributed by atoms with Gasteiger partial charge < -0.3 is 15.2 Å². The Hall–Kier alpha value is -2.36. The molecule has 2 heterocycles. The molecule has 0 bridgehead atoms. The molecule has 0 saturated carbocycles. The van der Waals surface area contributed by atoms with E-state index in [4.69, 9.17) is 4.99 Å². The summed E-state index contributed by atoms with van der Waals surface area (Å²) in [5, 5.41) is 11.4. The number of rotatable bonds is 8. The number of aliphatic imine (C=N–C) groups is 1. The maximum absolute atomic E-state index is 4.78. The van der Waals surface area contributed by atoms with E-state index in [1.807, 2.05) is 24.3 Å². The molecule has 31 heavy (non-hydrogen) atoms. The fraction of sp³-hybridized carbons (Fsp3) is 0.435. The van der Waals surface area contributed by atoms with Gasteiger partial charge >= 0.3 is 0 Å². The van der Waals surface area contributed by atoms with Gasteiger partial charge in [-0.05, 0) is 50.8 Å². The Morgan fingerprint density at radius 2 is 1.87 bits per heavy atom.